The SMILES string of the molecule is Cc1cc(C2(C)NC(=O)N(CC(=O)Nc3cc(Cl)ccc3F)C2=O)c(C)o1. The topological polar surface area (TPSA) is 91.7 Å². The normalized spacial score (nSPS) is 19.4. The summed E-state index contributed by atoms with van der Waals surface area (Å²) in [5, 5.41) is 5.14. The molecule has 1 aliphatic heterocycles. The van der Waals surface area contributed by atoms with Crippen LogP contribution in [0, 0.1) is 19.7 Å². The first kappa shape index (κ1) is 18.9. The molecular weight excluding hydrogens is 377 g/mol. The molecule has 1 aromatic carbocycles. The summed E-state index contributed by atoms with van der Waals surface area (Å²) in [4.78, 5) is 38.1. The lowest BCUT2D eigenvalue weighted by Crippen LogP contribution is -2.42. The first-order valence-corrected chi connectivity index (χ1v) is 8.46. The number of urea groups is 1. The van der Waals surface area contributed by atoms with Gasteiger partial charge in [-0.3, -0.25) is 14.5 Å². The molecule has 2 heterocycles. The summed E-state index contributed by atoms with van der Waals surface area (Å²) in [6.45, 7) is 4.39. The molecular formula is C18H17ClFN3O4. The number of nitrogens with one attached hydrogen (secondary N) is 2. The predicted molar refractivity (Wildman–Crippen MR) is 95.8 cm³/mol. The van der Waals surface area contributed by atoms with E-state index in [4.69, 9.17) is 16.0 Å². The van der Waals surface area contributed by atoms with Crippen LogP contribution in [-0.2, 0) is 15.1 Å². The van der Waals surface area contributed by atoms with Gasteiger partial charge < -0.3 is 15.1 Å². The van der Waals surface area contributed by atoms with Gasteiger partial charge in [-0.15, -0.1) is 0 Å². The first-order valence-electron chi connectivity index (χ1n) is 8.08. The maximum Gasteiger partial charge on any atom is 0.325 e. The van der Waals surface area contributed by atoms with Crippen LogP contribution in [0.4, 0.5) is 14.9 Å². The third kappa shape index (κ3) is 3.40. The van der Waals surface area contributed by atoms with Crippen LogP contribution in [0.15, 0.2) is 28.7 Å². The largest absolute Gasteiger partial charge is 0.466 e. The number of amides is 4. The lowest BCUT2D eigenvalue weighted by atomic mass is 9.92. The van der Waals surface area contributed by atoms with Crippen LogP contribution in [0.25, 0.3) is 0 Å². The van der Waals surface area contributed by atoms with Crippen molar-refractivity contribution in [2.24, 2.45) is 0 Å². The molecule has 0 saturated carbocycles. The molecule has 7 nitrogen and oxygen atoms in total. The van der Waals surface area contributed by atoms with E-state index in [9.17, 15) is 18.8 Å². The van der Waals surface area contributed by atoms with Gasteiger partial charge in [-0.05, 0) is 45.0 Å². The fourth-order valence-electron chi connectivity index (χ4n) is 3.08. The van der Waals surface area contributed by atoms with Gasteiger partial charge in [-0.2, -0.15) is 0 Å². The van der Waals surface area contributed by atoms with Crippen molar-refractivity contribution < 1.29 is 23.2 Å². The van der Waals surface area contributed by atoms with Crippen LogP contribution in [0.5, 0.6) is 0 Å². The van der Waals surface area contributed by atoms with Crippen LogP contribution in [-0.4, -0.2) is 29.3 Å². The van der Waals surface area contributed by atoms with Crippen molar-refractivity contribution in [2.75, 3.05) is 11.9 Å². The highest BCUT2D eigenvalue weighted by atomic mass is 35.5. The van der Waals surface area contributed by atoms with Gasteiger partial charge in [0.15, 0.2) is 0 Å². The molecule has 1 aromatic heterocycles. The lowest BCUT2D eigenvalue weighted by molar-refractivity contribution is -0.133. The Morgan fingerprint density at radius 3 is 2.67 bits per heavy atom. The summed E-state index contributed by atoms with van der Waals surface area (Å²) in [5.41, 5.74) is -0.966. The van der Waals surface area contributed by atoms with Gasteiger partial charge in [-0.1, -0.05) is 11.6 Å². The van der Waals surface area contributed by atoms with Gasteiger partial charge in [0.05, 0.1) is 5.69 Å². The highest BCUT2D eigenvalue weighted by Crippen LogP contribution is 2.32. The van der Waals surface area contributed by atoms with Gasteiger partial charge in [0, 0.05) is 10.6 Å². The molecule has 1 unspecified atom stereocenters. The molecule has 9 heteroatoms. The second-order valence-corrected chi connectivity index (χ2v) is 6.88. The maximum absolute atomic E-state index is 13.7. The van der Waals surface area contributed by atoms with E-state index in [1.54, 1.807) is 26.8 Å². The Balaban J connectivity index is 1.78. The van der Waals surface area contributed by atoms with E-state index < -0.39 is 35.7 Å². The van der Waals surface area contributed by atoms with Crippen LogP contribution in [0.2, 0.25) is 5.02 Å². The van der Waals surface area contributed by atoms with Crippen LogP contribution in [0.1, 0.15) is 24.0 Å². The predicted octanol–water partition coefficient (Wildman–Crippen LogP) is 3.09. The number of hydrogen-bond donors (Lipinski definition) is 2. The fourth-order valence-corrected chi connectivity index (χ4v) is 3.25. The summed E-state index contributed by atoms with van der Waals surface area (Å²) < 4.78 is 19.2. The number of carbonyl (C=O) groups excluding carboxylic acids is 3. The van der Waals surface area contributed by atoms with Gasteiger partial charge in [-0.25, -0.2) is 9.18 Å². The quantitative estimate of drug-likeness (QED) is 0.781. The number of benzene rings is 1. The van der Waals surface area contributed by atoms with E-state index in [-0.39, 0.29) is 10.7 Å². The Morgan fingerprint density at radius 1 is 1.33 bits per heavy atom. The molecule has 0 bridgehead atoms. The summed E-state index contributed by atoms with van der Waals surface area (Å²) in [5.74, 6) is -0.921. The first-order chi connectivity index (χ1) is 12.6. The number of halogens is 2. The second-order valence-electron chi connectivity index (χ2n) is 6.45. The van der Waals surface area contributed by atoms with E-state index in [0.717, 1.165) is 11.0 Å². The van der Waals surface area contributed by atoms with Crippen molar-refractivity contribution in [2.45, 2.75) is 26.3 Å². The number of anilines is 1. The number of imide groups is 1. The molecule has 2 N–H and O–H groups in total. The summed E-state index contributed by atoms with van der Waals surface area (Å²) in [6, 6.07) is 4.63. The number of nitrogens with zero attached hydrogens (tertiary/aromatic N) is 1. The molecule has 0 spiro atoms. The average molecular weight is 394 g/mol. The second kappa shape index (κ2) is 6.70. The monoisotopic (exact) mass is 393 g/mol. The number of rotatable bonds is 4. The van der Waals surface area contributed by atoms with Gasteiger partial charge in [0.2, 0.25) is 5.91 Å². The molecule has 1 saturated heterocycles. The van der Waals surface area contributed by atoms with Crippen LogP contribution >= 0.6 is 11.6 Å². The molecule has 4 amide bonds. The average Bonchev–Trinajstić information content (AvgIpc) is 3.03. The minimum atomic E-state index is -1.35. The van der Waals surface area contributed by atoms with Gasteiger partial charge >= 0.3 is 6.03 Å². The molecule has 1 atom stereocenters. The van der Waals surface area contributed by atoms with Gasteiger partial charge in [0.1, 0.15) is 29.4 Å². The number of furan rings is 1. The zero-order chi connectivity index (χ0) is 19.9. The smallest absolute Gasteiger partial charge is 0.325 e. The minimum absolute atomic E-state index is 0.136. The summed E-state index contributed by atoms with van der Waals surface area (Å²) in [6.07, 6.45) is 0. The zero-order valence-electron chi connectivity index (χ0n) is 14.9. The van der Waals surface area contributed by atoms with Crippen LogP contribution < -0.4 is 10.6 Å². The number of hydrogen-bond acceptors (Lipinski definition) is 4. The molecule has 142 valence electrons. The molecule has 1 fully saturated rings. The number of aryl methyl sites for hydroxylation is 2. The fraction of sp³-hybridized carbons (Fsp3) is 0.278. The third-order valence-corrected chi connectivity index (χ3v) is 4.59. The van der Waals surface area contributed by atoms with Crippen molar-refractivity contribution in [1.82, 2.24) is 10.2 Å². The van der Waals surface area contributed by atoms with Gasteiger partial charge in [0.25, 0.3) is 5.91 Å². The Labute approximate surface area is 159 Å². The maximum atomic E-state index is 13.7. The minimum Gasteiger partial charge on any atom is -0.466 e. The zero-order valence-corrected chi connectivity index (χ0v) is 15.6. The Morgan fingerprint density at radius 2 is 2.04 bits per heavy atom. The highest BCUT2D eigenvalue weighted by molar-refractivity contribution is 6.30. The Kier molecular flexibility index (Phi) is 4.69. The summed E-state index contributed by atoms with van der Waals surface area (Å²) >= 11 is 5.78. The van der Waals surface area contributed by atoms with Crippen molar-refractivity contribution in [3.63, 3.8) is 0 Å². The molecule has 2 aromatic rings. The van der Waals surface area contributed by atoms with Crippen LogP contribution in [0.3, 0.4) is 0 Å². The van der Waals surface area contributed by atoms with E-state index in [1.165, 1.54) is 12.1 Å². The molecule has 1 aliphatic rings. The summed E-state index contributed by atoms with van der Waals surface area (Å²) in [7, 11) is 0. The Bertz CT molecular complexity index is 958. The van der Waals surface area contributed by atoms with E-state index >= 15 is 0 Å². The van der Waals surface area contributed by atoms with Crippen molar-refractivity contribution in [1.29, 1.82) is 0 Å². The lowest BCUT2D eigenvalue weighted by Gasteiger charge is -2.21. The molecule has 27 heavy (non-hydrogen) atoms. The molecule has 0 radical (unpaired) electrons. The van der Waals surface area contributed by atoms with E-state index in [1.807, 2.05) is 0 Å². The van der Waals surface area contributed by atoms with E-state index in [2.05, 4.69) is 10.6 Å². The highest BCUT2D eigenvalue weighted by Gasteiger charge is 2.51. The van der Waals surface area contributed by atoms with Crippen molar-refractivity contribution in [3.8, 4) is 0 Å². The Hall–Kier alpha value is -2.87. The van der Waals surface area contributed by atoms with E-state index in [0.29, 0.717) is 17.1 Å². The standard InChI is InChI=1S/C18H17ClFN3O4/c1-9-6-12(10(2)27-9)18(3)16(25)23(17(26)22-18)8-15(24)21-14-7-11(19)4-5-13(14)20/h4-7H,8H2,1-3H3,(H,21,24)(H,22,26). The number of carbonyl (C=O) groups is 3. The molecule has 0 aliphatic carbocycles. The third-order valence-electron chi connectivity index (χ3n) is 4.36. The van der Waals surface area contributed by atoms with Crippen molar-refractivity contribution in [3.05, 3.63) is 52.2 Å². The molecule has 3 rings (SSSR count). The van der Waals surface area contributed by atoms with Crippen molar-refractivity contribution >= 4 is 35.1 Å².